The van der Waals surface area contributed by atoms with Crippen LogP contribution in [0.4, 0.5) is 0 Å². The van der Waals surface area contributed by atoms with Crippen LogP contribution in [0.5, 0.6) is 0 Å². The van der Waals surface area contributed by atoms with E-state index >= 15 is 0 Å². The second-order valence-electron chi connectivity index (χ2n) is 5.23. The fourth-order valence-corrected chi connectivity index (χ4v) is 6.37. The topological polar surface area (TPSA) is 3.24 Å². The Morgan fingerprint density at radius 1 is 0.750 bits per heavy atom. The molecule has 2 unspecified atom stereocenters. The quantitative estimate of drug-likeness (QED) is 0.680. The van der Waals surface area contributed by atoms with Crippen molar-refractivity contribution in [2.24, 2.45) is 0 Å². The average Bonchev–Trinajstić information content (AvgIpc) is 3.26. The Morgan fingerprint density at radius 2 is 1.15 bits per heavy atom. The van der Waals surface area contributed by atoms with Crippen LogP contribution < -0.4 is 0 Å². The minimum atomic E-state index is -0.0602. The highest BCUT2D eigenvalue weighted by Crippen LogP contribution is 2.86. The van der Waals surface area contributed by atoms with Gasteiger partial charge >= 0.3 is 0 Å². The highest BCUT2D eigenvalue weighted by molar-refractivity contribution is 7.64. The van der Waals surface area contributed by atoms with Crippen LogP contribution in [-0.2, 0) is 0 Å². The van der Waals surface area contributed by atoms with Gasteiger partial charge in [0.1, 0.15) is 0 Å². The Hall–Kier alpha value is -1.17. The summed E-state index contributed by atoms with van der Waals surface area (Å²) >= 11 is 0. The molecule has 1 nitrogen and oxygen atoms in total. The number of hydrogen-bond donors (Lipinski definition) is 0. The van der Waals surface area contributed by atoms with Gasteiger partial charge in [-0.15, -0.1) is 0 Å². The highest BCUT2D eigenvalue weighted by Gasteiger charge is 2.53. The van der Waals surface area contributed by atoms with E-state index in [9.17, 15) is 0 Å². The fourth-order valence-electron chi connectivity index (χ4n) is 3.09. The molecule has 0 N–H and O–H groups in total. The maximum absolute atomic E-state index is 2.67. The summed E-state index contributed by atoms with van der Waals surface area (Å²) in [6, 6.07) is 22.1. The number of hydrogen-bond acceptors (Lipinski definition) is 1. The molecule has 0 aromatic heterocycles. The molecule has 1 heterocycles. The van der Waals surface area contributed by atoms with Gasteiger partial charge in [0.25, 0.3) is 0 Å². The monoisotopic (exact) mass is 283 g/mol. The van der Waals surface area contributed by atoms with Crippen molar-refractivity contribution < 1.29 is 0 Å². The summed E-state index contributed by atoms with van der Waals surface area (Å²) in [6.45, 7) is 6.90. The van der Waals surface area contributed by atoms with Crippen LogP contribution in [0.3, 0.4) is 0 Å². The molecular weight excluding hydrogens is 261 g/mol. The third kappa shape index (κ3) is 2.53. The Labute approximate surface area is 123 Å². The first kappa shape index (κ1) is 13.8. The Balaban J connectivity index is 1.91. The third-order valence-corrected chi connectivity index (χ3v) is 7.33. The van der Waals surface area contributed by atoms with Gasteiger partial charge in [-0.3, -0.25) is 4.67 Å². The molecule has 1 saturated heterocycles. The maximum atomic E-state index is 2.67. The van der Waals surface area contributed by atoms with Gasteiger partial charge in [0.15, 0.2) is 0 Å². The highest BCUT2D eigenvalue weighted by atomic mass is 31.1. The average molecular weight is 283 g/mol. The van der Waals surface area contributed by atoms with Gasteiger partial charge in [0.05, 0.1) is 0 Å². The second-order valence-corrected chi connectivity index (χ2v) is 7.67. The summed E-state index contributed by atoms with van der Waals surface area (Å²) in [5, 5.41) is 0. The molecule has 2 heteroatoms. The zero-order valence-electron chi connectivity index (χ0n) is 12.2. The van der Waals surface area contributed by atoms with Gasteiger partial charge in [0, 0.05) is 11.3 Å². The van der Waals surface area contributed by atoms with Gasteiger partial charge in [-0.25, -0.2) is 0 Å². The van der Waals surface area contributed by atoms with Crippen LogP contribution in [0.1, 0.15) is 36.3 Å². The first-order valence-electron chi connectivity index (χ1n) is 7.50. The molecular formula is C18H22NP. The van der Waals surface area contributed by atoms with E-state index in [1.807, 2.05) is 0 Å². The maximum Gasteiger partial charge on any atom is 0.0300 e. The SMILES string of the molecule is CCN(CC)P1C(c2ccccc2)C1c1ccccc1. The largest absolute Gasteiger partial charge is 0.282 e. The van der Waals surface area contributed by atoms with E-state index in [1.54, 1.807) is 0 Å². The number of benzene rings is 2. The zero-order chi connectivity index (χ0) is 13.9. The lowest BCUT2D eigenvalue weighted by Crippen LogP contribution is -2.12. The molecule has 1 aliphatic rings. The van der Waals surface area contributed by atoms with Gasteiger partial charge in [-0.05, 0) is 32.3 Å². The molecule has 2 aromatic carbocycles. The summed E-state index contributed by atoms with van der Waals surface area (Å²) < 4.78 is 2.67. The molecule has 0 aliphatic carbocycles. The van der Waals surface area contributed by atoms with Crippen LogP contribution in [0, 0.1) is 0 Å². The summed E-state index contributed by atoms with van der Waals surface area (Å²) in [5.41, 5.74) is 4.46. The van der Waals surface area contributed by atoms with Crippen LogP contribution in [0.2, 0.25) is 0 Å². The lowest BCUT2D eigenvalue weighted by atomic mass is 10.0. The summed E-state index contributed by atoms with van der Waals surface area (Å²) in [6.07, 6.45) is 0. The Morgan fingerprint density at radius 3 is 1.50 bits per heavy atom. The molecule has 20 heavy (non-hydrogen) atoms. The number of rotatable bonds is 5. The van der Waals surface area contributed by atoms with E-state index in [-0.39, 0.29) is 8.07 Å². The van der Waals surface area contributed by atoms with E-state index in [4.69, 9.17) is 0 Å². The predicted molar refractivity (Wildman–Crippen MR) is 88.2 cm³/mol. The van der Waals surface area contributed by atoms with E-state index in [2.05, 4.69) is 79.2 Å². The summed E-state index contributed by atoms with van der Waals surface area (Å²) in [5.74, 6) is 0. The summed E-state index contributed by atoms with van der Waals surface area (Å²) in [4.78, 5) is 0. The number of nitrogens with zero attached hydrogens (tertiary/aromatic N) is 1. The molecule has 0 amide bonds. The van der Waals surface area contributed by atoms with Crippen molar-refractivity contribution in [2.75, 3.05) is 13.1 Å². The molecule has 1 aliphatic heterocycles. The molecule has 1 fully saturated rings. The zero-order valence-corrected chi connectivity index (χ0v) is 13.1. The standard InChI is InChI=1S/C18H22NP/c1-3-19(4-2)20-17(15-11-7-5-8-12-15)18(20)16-13-9-6-10-14-16/h5-14,17-18H,3-4H2,1-2H3. The molecule has 0 saturated carbocycles. The van der Waals surface area contributed by atoms with E-state index in [1.165, 1.54) is 11.1 Å². The van der Waals surface area contributed by atoms with Gasteiger partial charge < -0.3 is 0 Å². The van der Waals surface area contributed by atoms with Crippen LogP contribution in [-0.4, -0.2) is 17.8 Å². The van der Waals surface area contributed by atoms with Gasteiger partial charge in [0.2, 0.25) is 0 Å². The molecule has 0 spiro atoms. The van der Waals surface area contributed by atoms with Crippen molar-refractivity contribution >= 4 is 8.07 Å². The van der Waals surface area contributed by atoms with Crippen molar-refractivity contribution in [3.8, 4) is 0 Å². The van der Waals surface area contributed by atoms with Crippen molar-refractivity contribution in [2.45, 2.75) is 25.2 Å². The van der Waals surface area contributed by atoms with Crippen LogP contribution in [0.15, 0.2) is 60.7 Å². The van der Waals surface area contributed by atoms with E-state index in [0.717, 1.165) is 13.1 Å². The van der Waals surface area contributed by atoms with Gasteiger partial charge in [-0.1, -0.05) is 74.5 Å². The normalized spacial score (nSPS) is 24.9. The predicted octanol–water partition coefficient (Wildman–Crippen LogP) is 5.22. The molecule has 2 atom stereocenters. The van der Waals surface area contributed by atoms with E-state index in [0.29, 0.717) is 11.3 Å². The summed E-state index contributed by atoms with van der Waals surface area (Å²) in [7, 11) is -0.0602. The molecule has 2 aromatic rings. The lowest BCUT2D eigenvalue weighted by molar-refractivity contribution is 0.513. The minimum absolute atomic E-state index is 0.0602. The fraction of sp³-hybridized carbons (Fsp3) is 0.333. The Bertz CT molecular complexity index is 490. The molecule has 104 valence electrons. The van der Waals surface area contributed by atoms with Crippen molar-refractivity contribution in [1.82, 2.24) is 4.67 Å². The molecule has 0 bridgehead atoms. The van der Waals surface area contributed by atoms with Crippen LogP contribution in [0.25, 0.3) is 0 Å². The first-order valence-corrected chi connectivity index (χ1v) is 8.93. The van der Waals surface area contributed by atoms with Crippen molar-refractivity contribution in [3.63, 3.8) is 0 Å². The van der Waals surface area contributed by atoms with Crippen LogP contribution >= 0.6 is 8.07 Å². The lowest BCUT2D eigenvalue weighted by Gasteiger charge is -2.18. The molecule has 0 radical (unpaired) electrons. The van der Waals surface area contributed by atoms with E-state index < -0.39 is 0 Å². The first-order chi connectivity index (χ1) is 9.86. The van der Waals surface area contributed by atoms with Gasteiger partial charge in [-0.2, -0.15) is 0 Å². The smallest absolute Gasteiger partial charge is 0.0300 e. The van der Waals surface area contributed by atoms with Crippen molar-refractivity contribution in [1.29, 1.82) is 0 Å². The second kappa shape index (κ2) is 6.08. The Kier molecular flexibility index (Phi) is 4.19. The third-order valence-electron chi connectivity index (χ3n) is 4.12. The molecule has 3 rings (SSSR count). The minimum Gasteiger partial charge on any atom is -0.282 e. The van der Waals surface area contributed by atoms with Crippen molar-refractivity contribution in [3.05, 3.63) is 71.8 Å².